The number of hydrogen-bond donors (Lipinski definition) is 1. The number of carbonyl (C=O) groups is 1. The normalized spacial score (nSPS) is 16.8. The minimum absolute atomic E-state index is 0.0630. The number of nitrogens with zero attached hydrogens (tertiary/aromatic N) is 1. The molecule has 2 aromatic rings. The second-order valence-corrected chi connectivity index (χ2v) is 8.14. The van der Waals surface area contributed by atoms with E-state index >= 15 is 0 Å². The molecular formula is C18H20N2O4S. The van der Waals surface area contributed by atoms with Crippen LogP contribution in [0.15, 0.2) is 42.5 Å². The first-order valence-corrected chi connectivity index (χ1v) is 9.71. The summed E-state index contributed by atoms with van der Waals surface area (Å²) in [5.74, 6) is -0.00657. The fraction of sp³-hybridized carbons (Fsp3) is 0.278. The van der Waals surface area contributed by atoms with E-state index in [1.165, 1.54) is 4.31 Å². The SMILES string of the molecule is Cc1cc(C)cc(NC(=O)C2CN(S(C)(=O)=O)c3ccccc3O2)c1. The number of hydrogen-bond acceptors (Lipinski definition) is 4. The molecule has 1 atom stereocenters. The zero-order valence-electron chi connectivity index (χ0n) is 14.3. The molecule has 1 aliphatic heterocycles. The van der Waals surface area contributed by atoms with Crippen LogP contribution in [0.2, 0.25) is 0 Å². The number of anilines is 2. The summed E-state index contributed by atoms with van der Waals surface area (Å²) in [6.07, 6.45) is 0.194. The molecule has 0 bridgehead atoms. The van der Waals surface area contributed by atoms with Gasteiger partial charge in [0.05, 0.1) is 18.5 Å². The zero-order chi connectivity index (χ0) is 18.2. The van der Waals surface area contributed by atoms with E-state index in [2.05, 4.69) is 5.32 Å². The lowest BCUT2D eigenvalue weighted by molar-refractivity contribution is -0.122. The number of ether oxygens (including phenoxy) is 1. The van der Waals surface area contributed by atoms with Crippen molar-refractivity contribution in [2.24, 2.45) is 0 Å². The summed E-state index contributed by atoms with van der Waals surface area (Å²) in [5, 5.41) is 2.81. The van der Waals surface area contributed by atoms with E-state index in [4.69, 9.17) is 4.74 Å². The maximum Gasteiger partial charge on any atom is 0.267 e. The van der Waals surface area contributed by atoms with Gasteiger partial charge in [0.1, 0.15) is 5.75 Å². The second-order valence-electron chi connectivity index (χ2n) is 6.23. The summed E-state index contributed by atoms with van der Waals surface area (Å²) in [5.41, 5.74) is 3.17. The van der Waals surface area contributed by atoms with E-state index in [0.29, 0.717) is 17.1 Å². The average Bonchev–Trinajstić information content (AvgIpc) is 2.51. The van der Waals surface area contributed by atoms with E-state index < -0.39 is 16.1 Å². The first-order valence-electron chi connectivity index (χ1n) is 7.86. The summed E-state index contributed by atoms with van der Waals surface area (Å²) in [6, 6.07) is 12.5. The highest BCUT2D eigenvalue weighted by molar-refractivity contribution is 7.92. The highest BCUT2D eigenvalue weighted by atomic mass is 32.2. The number of aryl methyl sites for hydroxylation is 2. The van der Waals surface area contributed by atoms with Crippen LogP contribution in [0.25, 0.3) is 0 Å². The van der Waals surface area contributed by atoms with Gasteiger partial charge in [-0.25, -0.2) is 8.42 Å². The molecule has 1 aliphatic rings. The molecule has 2 aromatic carbocycles. The molecule has 1 N–H and O–H groups in total. The van der Waals surface area contributed by atoms with Gasteiger partial charge in [0, 0.05) is 5.69 Å². The van der Waals surface area contributed by atoms with Crippen LogP contribution in [0.1, 0.15) is 11.1 Å². The molecule has 0 radical (unpaired) electrons. The van der Waals surface area contributed by atoms with Crippen molar-refractivity contribution in [3.63, 3.8) is 0 Å². The van der Waals surface area contributed by atoms with Gasteiger partial charge in [0.15, 0.2) is 6.10 Å². The molecule has 0 aromatic heterocycles. The molecule has 25 heavy (non-hydrogen) atoms. The van der Waals surface area contributed by atoms with Gasteiger partial charge >= 0.3 is 0 Å². The first kappa shape index (κ1) is 17.3. The van der Waals surface area contributed by atoms with Crippen molar-refractivity contribution in [2.45, 2.75) is 20.0 Å². The molecule has 0 aliphatic carbocycles. The van der Waals surface area contributed by atoms with Gasteiger partial charge in [-0.3, -0.25) is 9.10 Å². The largest absolute Gasteiger partial charge is 0.476 e. The van der Waals surface area contributed by atoms with Crippen LogP contribution in [0, 0.1) is 13.8 Å². The number of rotatable bonds is 3. The molecule has 1 heterocycles. The van der Waals surface area contributed by atoms with Gasteiger partial charge in [0.2, 0.25) is 10.0 Å². The van der Waals surface area contributed by atoms with Crippen molar-refractivity contribution in [3.05, 3.63) is 53.6 Å². The maximum atomic E-state index is 12.6. The molecular weight excluding hydrogens is 340 g/mol. The summed E-state index contributed by atoms with van der Waals surface area (Å²) in [6.45, 7) is 3.83. The van der Waals surface area contributed by atoms with Gasteiger partial charge in [-0.15, -0.1) is 0 Å². The Hall–Kier alpha value is -2.54. The van der Waals surface area contributed by atoms with Gasteiger partial charge in [0.25, 0.3) is 5.91 Å². The van der Waals surface area contributed by atoms with Crippen LogP contribution in [-0.2, 0) is 14.8 Å². The Bertz CT molecular complexity index is 904. The Morgan fingerprint density at radius 1 is 1.16 bits per heavy atom. The fourth-order valence-corrected chi connectivity index (χ4v) is 3.84. The van der Waals surface area contributed by atoms with Crippen LogP contribution in [-0.4, -0.2) is 33.2 Å². The molecule has 6 nitrogen and oxygen atoms in total. The van der Waals surface area contributed by atoms with E-state index in [0.717, 1.165) is 17.4 Å². The third kappa shape index (κ3) is 3.76. The van der Waals surface area contributed by atoms with Crippen molar-refractivity contribution < 1.29 is 17.9 Å². The number of carbonyl (C=O) groups excluding carboxylic acids is 1. The number of sulfonamides is 1. The molecule has 7 heteroatoms. The fourth-order valence-electron chi connectivity index (χ4n) is 2.92. The van der Waals surface area contributed by atoms with Crippen LogP contribution in [0.3, 0.4) is 0 Å². The predicted octanol–water partition coefficient (Wildman–Crippen LogP) is 2.47. The van der Waals surface area contributed by atoms with Crippen LogP contribution >= 0.6 is 0 Å². The zero-order valence-corrected chi connectivity index (χ0v) is 15.1. The van der Waals surface area contributed by atoms with Crippen molar-refractivity contribution in [1.82, 2.24) is 0 Å². The van der Waals surface area contributed by atoms with Crippen LogP contribution in [0.5, 0.6) is 5.75 Å². The Morgan fingerprint density at radius 3 is 2.44 bits per heavy atom. The van der Waals surface area contributed by atoms with Gasteiger partial charge in [-0.1, -0.05) is 18.2 Å². The Labute approximate surface area is 147 Å². The summed E-state index contributed by atoms with van der Waals surface area (Å²) >= 11 is 0. The number of nitrogens with one attached hydrogen (secondary N) is 1. The van der Waals surface area contributed by atoms with Gasteiger partial charge in [-0.05, 0) is 49.2 Å². The topological polar surface area (TPSA) is 75.7 Å². The van der Waals surface area contributed by atoms with E-state index in [-0.39, 0.29) is 12.5 Å². The monoisotopic (exact) mass is 360 g/mol. The lowest BCUT2D eigenvalue weighted by atomic mass is 10.1. The van der Waals surface area contributed by atoms with Crippen molar-refractivity contribution in [3.8, 4) is 5.75 Å². The molecule has 3 rings (SSSR count). The van der Waals surface area contributed by atoms with E-state index in [9.17, 15) is 13.2 Å². The number of amides is 1. The number of benzene rings is 2. The molecule has 0 saturated carbocycles. The summed E-state index contributed by atoms with van der Waals surface area (Å²) in [4.78, 5) is 12.6. The Balaban J connectivity index is 1.87. The van der Waals surface area contributed by atoms with Crippen molar-refractivity contribution in [1.29, 1.82) is 0 Å². The lowest BCUT2D eigenvalue weighted by Gasteiger charge is -2.33. The standard InChI is InChI=1S/C18H20N2O4S/c1-12-8-13(2)10-14(9-12)19-18(21)17-11-20(25(3,22)23)15-6-4-5-7-16(15)24-17/h4-10,17H,11H2,1-3H3,(H,19,21). The quantitative estimate of drug-likeness (QED) is 0.912. The van der Waals surface area contributed by atoms with Crippen LogP contribution < -0.4 is 14.4 Å². The minimum Gasteiger partial charge on any atom is -0.476 e. The molecule has 1 unspecified atom stereocenters. The summed E-state index contributed by atoms with van der Waals surface area (Å²) in [7, 11) is -3.52. The Kier molecular flexibility index (Phi) is 4.43. The lowest BCUT2D eigenvalue weighted by Crippen LogP contribution is -2.48. The second kappa shape index (κ2) is 6.40. The minimum atomic E-state index is -3.52. The maximum absolute atomic E-state index is 12.6. The van der Waals surface area contributed by atoms with E-state index in [1.54, 1.807) is 24.3 Å². The highest BCUT2D eigenvalue weighted by Gasteiger charge is 2.34. The third-order valence-corrected chi connectivity index (χ3v) is 5.06. The van der Waals surface area contributed by atoms with Crippen LogP contribution in [0.4, 0.5) is 11.4 Å². The Morgan fingerprint density at radius 2 is 1.80 bits per heavy atom. The molecule has 0 spiro atoms. The molecule has 0 fully saturated rings. The molecule has 1 amide bonds. The van der Waals surface area contributed by atoms with Gasteiger partial charge < -0.3 is 10.1 Å². The van der Waals surface area contributed by atoms with Crippen molar-refractivity contribution >= 4 is 27.3 Å². The number of fused-ring (bicyclic) bond motifs is 1. The molecule has 132 valence electrons. The highest BCUT2D eigenvalue weighted by Crippen LogP contribution is 2.34. The third-order valence-electron chi connectivity index (χ3n) is 3.92. The first-order chi connectivity index (χ1) is 11.7. The van der Waals surface area contributed by atoms with E-state index in [1.807, 2.05) is 32.0 Å². The number of para-hydroxylation sites is 2. The van der Waals surface area contributed by atoms with Gasteiger partial charge in [-0.2, -0.15) is 0 Å². The molecule has 0 saturated heterocycles. The smallest absolute Gasteiger partial charge is 0.267 e. The van der Waals surface area contributed by atoms with Crippen molar-refractivity contribution in [2.75, 3.05) is 22.4 Å². The summed E-state index contributed by atoms with van der Waals surface area (Å²) < 4.78 is 31.1. The predicted molar refractivity (Wildman–Crippen MR) is 97.6 cm³/mol. The average molecular weight is 360 g/mol.